The van der Waals surface area contributed by atoms with Gasteiger partial charge in [0.25, 0.3) is 5.91 Å². The van der Waals surface area contributed by atoms with E-state index in [1.54, 1.807) is 0 Å². The zero-order valence-corrected chi connectivity index (χ0v) is 9.48. The van der Waals surface area contributed by atoms with Gasteiger partial charge in [-0.25, -0.2) is 5.06 Å². The van der Waals surface area contributed by atoms with E-state index in [0.717, 1.165) is 0 Å². The number of nitrogens with zero attached hydrogens (tertiary/aromatic N) is 1. The van der Waals surface area contributed by atoms with Crippen LogP contribution in [0.4, 0.5) is 13.2 Å². The van der Waals surface area contributed by atoms with Crippen molar-refractivity contribution in [3.05, 3.63) is 12.7 Å². The van der Waals surface area contributed by atoms with E-state index in [4.69, 9.17) is 5.73 Å². The third-order valence-corrected chi connectivity index (χ3v) is 1.31. The molecule has 0 unspecified atom stereocenters. The van der Waals surface area contributed by atoms with Crippen LogP contribution in [-0.2, 0) is 9.63 Å². The Balaban J connectivity index is 0. The number of nitrogens with two attached hydrogens (primary N) is 1. The summed E-state index contributed by atoms with van der Waals surface area (Å²) in [7, 11) is 0. The molecule has 0 aliphatic carbocycles. The average Bonchev–Trinajstić information content (AvgIpc) is 2.09. The molecule has 0 rings (SSSR count). The van der Waals surface area contributed by atoms with E-state index in [2.05, 4.69) is 11.4 Å². The van der Waals surface area contributed by atoms with E-state index in [1.807, 2.05) is 0 Å². The third kappa shape index (κ3) is 7.49. The predicted molar refractivity (Wildman–Crippen MR) is 54.8 cm³/mol. The Morgan fingerprint density at radius 1 is 1.62 bits per heavy atom. The van der Waals surface area contributed by atoms with E-state index < -0.39 is 24.7 Å². The first-order valence-corrected chi connectivity index (χ1v) is 4.15. The normalized spacial score (nSPS) is 12.6. The summed E-state index contributed by atoms with van der Waals surface area (Å²) in [5.74, 6) is -0.922. The summed E-state index contributed by atoms with van der Waals surface area (Å²) >= 11 is 0. The fourth-order valence-corrected chi connectivity index (χ4v) is 0.720. The molecule has 0 aromatic rings. The molecule has 0 saturated carbocycles. The highest BCUT2D eigenvalue weighted by molar-refractivity contribution is 5.85. The molecule has 16 heavy (non-hydrogen) atoms. The molecule has 0 fully saturated rings. The molecule has 96 valence electrons. The van der Waals surface area contributed by atoms with Gasteiger partial charge in [-0.15, -0.1) is 19.0 Å². The molecular formula is C8H14ClF3N2O2. The Bertz CT molecular complexity index is 234. The zero-order chi connectivity index (χ0) is 12.1. The minimum atomic E-state index is -4.52. The SMILES string of the molecule is C=CCON(CC(F)(F)F)C(=O)[C@@H](C)N.Cl. The van der Waals surface area contributed by atoms with Crippen LogP contribution >= 0.6 is 12.4 Å². The topological polar surface area (TPSA) is 55.6 Å². The van der Waals surface area contributed by atoms with Crippen molar-refractivity contribution < 1.29 is 22.8 Å². The van der Waals surface area contributed by atoms with Crippen molar-refractivity contribution in [1.82, 2.24) is 5.06 Å². The second-order valence-electron chi connectivity index (χ2n) is 2.86. The fraction of sp³-hybridized carbons (Fsp3) is 0.625. The van der Waals surface area contributed by atoms with Crippen molar-refractivity contribution in [3.8, 4) is 0 Å². The van der Waals surface area contributed by atoms with Crippen LogP contribution in [0.25, 0.3) is 0 Å². The molecule has 0 aromatic carbocycles. The monoisotopic (exact) mass is 262 g/mol. The molecule has 2 N–H and O–H groups in total. The highest BCUT2D eigenvalue weighted by Gasteiger charge is 2.34. The number of carbonyl (C=O) groups excluding carboxylic acids is 1. The van der Waals surface area contributed by atoms with Gasteiger partial charge in [-0.1, -0.05) is 6.08 Å². The van der Waals surface area contributed by atoms with Crippen LogP contribution in [0.3, 0.4) is 0 Å². The lowest BCUT2D eigenvalue weighted by atomic mass is 10.3. The number of halogens is 4. The number of carbonyl (C=O) groups is 1. The van der Waals surface area contributed by atoms with E-state index in [0.29, 0.717) is 0 Å². The molecule has 0 aliphatic rings. The molecule has 0 radical (unpaired) electrons. The lowest BCUT2D eigenvalue weighted by Gasteiger charge is -2.23. The lowest BCUT2D eigenvalue weighted by Crippen LogP contribution is -2.46. The fourth-order valence-electron chi connectivity index (χ4n) is 0.720. The van der Waals surface area contributed by atoms with Crippen molar-refractivity contribution in [3.63, 3.8) is 0 Å². The summed E-state index contributed by atoms with van der Waals surface area (Å²) in [6.45, 7) is 2.87. The van der Waals surface area contributed by atoms with Crippen LogP contribution in [-0.4, -0.2) is 36.3 Å². The van der Waals surface area contributed by atoms with Gasteiger partial charge >= 0.3 is 6.18 Å². The Kier molecular flexibility index (Phi) is 8.23. The molecule has 0 bridgehead atoms. The van der Waals surface area contributed by atoms with Crippen LogP contribution in [0.2, 0.25) is 0 Å². The molecule has 0 aromatic heterocycles. The van der Waals surface area contributed by atoms with Gasteiger partial charge in [0.2, 0.25) is 0 Å². The van der Waals surface area contributed by atoms with Gasteiger partial charge in [0.05, 0.1) is 12.6 Å². The maximum atomic E-state index is 12.0. The summed E-state index contributed by atoms with van der Waals surface area (Å²) in [5.41, 5.74) is 5.16. The van der Waals surface area contributed by atoms with Gasteiger partial charge in [0.1, 0.15) is 6.54 Å². The Morgan fingerprint density at radius 2 is 2.12 bits per heavy atom. The number of hydroxylamine groups is 2. The molecular weight excluding hydrogens is 249 g/mol. The van der Waals surface area contributed by atoms with Crippen LogP contribution in [0.5, 0.6) is 0 Å². The van der Waals surface area contributed by atoms with E-state index in [1.165, 1.54) is 13.0 Å². The number of hydrogen-bond donors (Lipinski definition) is 1. The highest BCUT2D eigenvalue weighted by Crippen LogP contribution is 2.17. The van der Waals surface area contributed by atoms with Crippen LogP contribution in [0, 0.1) is 0 Å². The van der Waals surface area contributed by atoms with Crippen molar-refractivity contribution in [2.75, 3.05) is 13.2 Å². The number of hydrogen-bond acceptors (Lipinski definition) is 3. The third-order valence-electron chi connectivity index (χ3n) is 1.31. The van der Waals surface area contributed by atoms with Gasteiger partial charge in [-0.3, -0.25) is 9.63 Å². The lowest BCUT2D eigenvalue weighted by molar-refractivity contribution is -0.229. The quantitative estimate of drug-likeness (QED) is 0.600. The van der Waals surface area contributed by atoms with Crippen LogP contribution in [0.1, 0.15) is 6.92 Å². The van der Waals surface area contributed by atoms with Gasteiger partial charge in [-0.2, -0.15) is 13.2 Å². The standard InChI is InChI=1S/C8H13F3N2O2.ClH/c1-3-4-15-13(5-8(9,10)11)7(14)6(2)12;/h3,6H,1,4-5,12H2,2H3;1H/t6-;/m1./s1. The molecule has 4 nitrogen and oxygen atoms in total. The van der Waals surface area contributed by atoms with Gasteiger partial charge in [0, 0.05) is 0 Å². The Labute approximate surface area is 97.6 Å². The van der Waals surface area contributed by atoms with Gasteiger partial charge < -0.3 is 5.73 Å². The first-order chi connectivity index (χ1) is 6.78. The average molecular weight is 263 g/mol. The minimum absolute atomic E-state index is 0. The van der Waals surface area contributed by atoms with Crippen LogP contribution < -0.4 is 5.73 Å². The second-order valence-corrected chi connectivity index (χ2v) is 2.86. The summed E-state index contributed by atoms with van der Waals surface area (Å²) in [6, 6.07) is -1.04. The Hall–Kier alpha value is -0.790. The predicted octanol–water partition coefficient (Wildman–Crippen LogP) is 1.26. The molecule has 1 amide bonds. The Morgan fingerprint density at radius 3 is 2.44 bits per heavy atom. The minimum Gasteiger partial charge on any atom is -0.320 e. The van der Waals surface area contributed by atoms with Gasteiger partial charge in [0.15, 0.2) is 0 Å². The number of alkyl halides is 3. The zero-order valence-electron chi connectivity index (χ0n) is 8.66. The molecule has 8 heteroatoms. The number of amides is 1. The largest absolute Gasteiger partial charge is 0.408 e. The first kappa shape index (κ1) is 17.6. The molecule has 1 atom stereocenters. The summed E-state index contributed by atoms with van der Waals surface area (Å²) < 4.78 is 36.0. The van der Waals surface area contributed by atoms with Crippen molar-refractivity contribution in [2.45, 2.75) is 19.1 Å². The molecule has 0 spiro atoms. The van der Waals surface area contributed by atoms with E-state index in [9.17, 15) is 18.0 Å². The maximum absolute atomic E-state index is 12.0. The molecule has 0 saturated heterocycles. The van der Waals surface area contributed by atoms with Crippen molar-refractivity contribution in [2.24, 2.45) is 5.73 Å². The van der Waals surface area contributed by atoms with Gasteiger partial charge in [-0.05, 0) is 6.92 Å². The van der Waals surface area contributed by atoms with Crippen molar-refractivity contribution in [1.29, 1.82) is 0 Å². The molecule has 0 heterocycles. The highest BCUT2D eigenvalue weighted by atomic mass is 35.5. The van der Waals surface area contributed by atoms with E-state index in [-0.39, 0.29) is 24.1 Å². The van der Waals surface area contributed by atoms with Crippen molar-refractivity contribution >= 4 is 18.3 Å². The molecule has 0 aliphatic heterocycles. The maximum Gasteiger partial charge on any atom is 0.408 e. The number of rotatable bonds is 5. The van der Waals surface area contributed by atoms with E-state index >= 15 is 0 Å². The second kappa shape index (κ2) is 7.48. The first-order valence-electron chi connectivity index (χ1n) is 4.15. The summed E-state index contributed by atoms with van der Waals surface area (Å²) in [5, 5.41) is 0.201. The summed E-state index contributed by atoms with van der Waals surface area (Å²) in [4.78, 5) is 15.7. The smallest absolute Gasteiger partial charge is 0.320 e. The summed E-state index contributed by atoms with van der Waals surface area (Å²) in [6.07, 6.45) is -3.29. The van der Waals surface area contributed by atoms with Crippen LogP contribution in [0.15, 0.2) is 12.7 Å².